The van der Waals surface area contributed by atoms with Gasteiger partial charge in [0, 0.05) is 23.5 Å². The van der Waals surface area contributed by atoms with Gasteiger partial charge >= 0.3 is 0 Å². The number of alkyl halides is 1. The predicted octanol–water partition coefficient (Wildman–Crippen LogP) is 3.44. The van der Waals surface area contributed by atoms with E-state index in [0.717, 1.165) is 41.1 Å². The fraction of sp³-hybridized carbons (Fsp3) is 0.400. The Morgan fingerprint density at radius 3 is 2.80 bits per heavy atom. The molecule has 106 valence electrons. The highest BCUT2D eigenvalue weighted by atomic mass is 35.5. The van der Waals surface area contributed by atoms with Crippen molar-refractivity contribution in [3.8, 4) is 11.5 Å². The second-order valence-electron chi connectivity index (χ2n) is 4.87. The van der Waals surface area contributed by atoms with E-state index in [9.17, 15) is 0 Å². The number of benzene rings is 1. The predicted molar refractivity (Wildman–Crippen MR) is 81.2 cm³/mol. The summed E-state index contributed by atoms with van der Waals surface area (Å²) >= 11 is 5.96. The Balaban J connectivity index is 1.92. The van der Waals surface area contributed by atoms with E-state index in [-0.39, 0.29) is 5.38 Å². The first-order valence-electron chi connectivity index (χ1n) is 6.80. The normalized spacial score (nSPS) is 15.1. The molecule has 3 rings (SSSR count). The summed E-state index contributed by atoms with van der Waals surface area (Å²) in [6.45, 7) is 3.97. The van der Waals surface area contributed by atoms with E-state index in [0.29, 0.717) is 13.2 Å². The Morgan fingerprint density at radius 1 is 1.30 bits per heavy atom. The molecule has 2 heterocycles. The maximum absolute atomic E-state index is 5.96. The summed E-state index contributed by atoms with van der Waals surface area (Å²) in [7, 11) is 0. The van der Waals surface area contributed by atoms with Gasteiger partial charge in [-0.15, -0.1) is 11.6 Å². The number of rotatable bonds is 4. The van der Waals surface area contributed by atoms with Crippen LogP contribution in [0.3, 0.4) is 0 Å². The van der Waals surface area contributed by atoms with Gasteiger partial charge in [-0.2, -0.15) is 0 Å². The van der Waals surface area contributed by atoms with E-state index < -0.39 is 0 Å². The molecule has 0 spiro atoms. The lowest BCUT2D eigenvalue weighted by molar-refractivity contribution is 0.172. The van der Waals surface area contributed by atoms with Crippen LogP contribution in [0.5, 0.6) is 11.5 Å². The van der Waals surface area contributed by atoms with Crippen LogP contribution in [0.2, 0.25) is 0 Å². The largest absolute Gasteiger partial charge is 0.486 e. The standard InChI is InChI=1S/C15H17ClN2O2/c1-10(16)2-4-17-15-12-9-14-13(19-6-7-20-14)8-11(12)3-5-18-15/h3,5,8-10H,2,4,6-7H2,1H3,(H,17,18). The molecule has 0 fully saturated rings. The molecule has 1 atom stereocenters. The second-order valence-corrected chi connectivity index (χ2v) is 5.62. The Morgan fingerprint density at radius 2 is 2.05 bits per heavy atom. The van der Waals surface area contributed by atoms with Crippen molar-refractivity contribution in [1.82, 2.24) is 4.98 Å². The third kappa shape index (κ3) is 2.75. The first-order chi connectivity index (χ1) is 9.74. The van der Waals surface area contributed by atoms with Crippen LogP contribution in [0.1, 0.15) is 13.3 Å². The number of pyridine rings is 1. The number of halogens is 1. The highest BCUT2D eigenvalue weighted by Gasteiger charge is 2.14. The maximum Gasteiger partial charge on any atom is 0.162 e. The lowest BCUT2D eigenvalue weighted by atomic mass is 10.1. The number of hydrogen-bond acceptors (Lipinski definition) is 4. The Kier molecular flexibility index (Phi) is 3.83. The quantitative estimate of drug-likeness (QED) is 0.877. The van der Waals surface area contributed by atoms with Gasteiger partial charge in [0.15, 0.2) is 11.5 Å². The number of aromatic nitrogens is 1. The fourth-order valence-electron chi connectivity index (χ4n) is 2.24. The monoisotopic (exact) mass is 292 g/mol. The molecule has 1 aliphatic heterocycles. The molecule has 0 radical (unpaired) electrons. The average molecular weight is 293 g/mol. The molecule has 0 amide bonds. The topological polar surface area (TPSA) is 43.4 Å². The molecule has 1 aromatic heterocycles. The molecular weight excluding hydrogens is 276 g/mol. The van der Waals surface area contributed by atoms with Crippen molar-refractivity contribution in [3.05, 3.63) is 24.4 Å². The number of anilines is 1. The fourth-order valence-corrected chi connectivity index (χ4v) is 2.35. The van der Waals surface area contributed by atoms with Crippen LogP contribution in [-0.2, 0) is 0 Å². The zero-order chi connectivity index (χ0) is 13.9. The van der Waals surface area contributed by atoms with Crippen molar-refractivity contribution in [2.45, 2.75) is 18.7 Å². The van der Waals surface area contributed by atoms with E-state index in [4.69, 9.17) is 21.1 Å². The number of hydrogen-bond donors (Lipinski definition) is 1. The van der Waals surface area contributed by atoms with Crippen LogP contribution in [0.15, 0.2) is 24.4 Å². The van der Waals surface area contributed by atoms with E-state index >= 15 is 0 Å². The maximum atomic E-state index is 5.96. The zero-order valence-corrected chi connectivity index (χ0v) is 12.1. The molecular formula is C15H17ClN2O2. The lowest BCUT2D eigenvalue weighted by Gasteiger charge is -2.19. The van der Waals surface area contributed by atoms with Crippen LogP contribution in [-0.4, -0.2) is 30.1 Å². The van der Waals surface area contributed by atoms with Gasteiger partial charge < -0.3 is 14.8 Å². The summed E-state index contributed by atoms with van der Waals surface area (Å²) in [6.07, 6.45) is 2.69. The third-order valence-corrected chi connectivity index (χ3v) is 3.48. The molecule has 2 aromatic rings. The number of nitrogens with zero attached hydrogens (tertiary/aromatic N) is 1. The van der Waals surface area contributed by atoms with E-state index in [1.807, 2.05) is 25.1 Å². The summed E-state index contributed by atoms with van der Waals surface area (Å²) in [6, 6.07) is 5.97. The molecule has 1 unspecified atom stereocenters. The highest BCUT2D eigenvalue weighted by molar-refractivity contribution is 6.20. The van der Waals surface area contributed by atoms with Gasteiger partial charge in [0.1, 0.15) is 19.0 Å². The summed E-state index contributed by atoms with van der Waals surface area (Å²) in [5.74, 6) is 2.44. The lowest BCUT2D eigenvalue weighted by Crippen LogP contribution is -2.15. The number of fused-ring (bicyclic) bond motifs is 2. The molecule has 0 bridgehead atoms. The first-order valence-corrected chi connectivity index (χ1v) is 7.24. The van der Waals surface area contributed by atoms with Crippen molar-refractivity contribution >= 4 is 28.2 Å². The SMILES string of the molecule is CC(Cl)CCNc1nccc2cc3c(cc12)OCCO3. The number of nitrogens with one attached hydrogen (secondary N) is 1. The van der Waals surface area contributed by atoms with Crippen LogP contribution in [0, 0.1) is 0 Å². The van der Waals surface area contributed by atoms with Gasteiger partial charge in [-0.25, -0.2) is 4.98 Å². The minimum absolute atomic E-state index is 0.155. The summed E-state index contributed by atoms with van der Waals surface area (Å²) in [5.41, 5.74) is 0. The van der Waals surface area contributed by atoms with Crippen molar-refractivity contribution < 1.29 is 9.47 Å². The van der Waals surface area contributed by atoms with Crippen molar-refractivity contribution in [2.24, 2.45) is 0 Å². The molecule has 20 heavy (non-hydrogen) atoms. The average Bonchev–Trinajstić information content (AvgIpc) is 2.45. The zero-order valence-electron chi connectivity index (χ0n) is 11.4. The molecule has 1 N–H and O–H groups in total. The number of ether oxygens (including phenoxy) is 2. The Labute approximate surface area is 123 Å². The summed E-state index contributed by atoms with van der Waals surface area (Å²) < 4.78 is 11.2. The van der Waals surface area contributed by atoms with Crippen molar-refractivity contribution in [2.75, 3.05) is 25.1 Å². The van der Waals surface area contributed by atoms with Crippen molar-refractivity contribution in [1.29, 1.82) is 0 Å². The van der Waals surface area contributed by atoms with E-state index in [2.05, 4.69) is 10.3 Å². The molecule has 4 nitrogen and oxygen atoms in total. The molecule has 0 saturated carbocycles. The summed E-state index contributed by atoms with van der Waals surface area (Å²) in [5, 5.41) is 5.62. The molecule has 0 saturated heterocycles. The van der Waals surface area contributed by atoms with Gasteiger partial charge in [0.2, 0.25) is 0 Å². The molecule has 1 aliphatic rings. The van der Waals surface area contributed by atoms with Crippen LogP contribution >= 0.6 is 11.6 Å². The van der Waals surface area contributed by atoms with Gasteiger partial charge in [-0.1, -0.05) is 0 Å². The van der Waals surface area contributed by atoms with Crippen LogP contribution in [0.4, 0.5) is 5.82 Å². The van der Waals surface area contributed by atoms with Crippen LogP contribution in [0.25, 0.3) is 10.8 Å². The van der Waals surface area contributed by atoms with Gasteiger partial charge in [-0.05, 0) is 36.9 Å². The molecule has 1 aromatic carbocycles. The minimum Gasteiger partial charge on any atom is -0.486 e. The van der Waals surface area contributed by atoms with Crippen molar-refractivity contribution in [3.63, 3.8) is 0 Å². The van der Waals surface area contributed by atoms with Crippen LogP contribution < -0.4 is 14.8 Å². The van der Waals surface area contributed by atoms with Gasteiger partial charge in [0.05, 0.1) is 0 Å². The highest BCUT2D eigenvalue weighted by Crippen LogP contribution is 2.36. The van der Waals surface area contributed by atoms with Gasteiger partial charge in [-0.3, -0.25) is 0 Å². The smallest absolute Gasteiger partial charge is 0.162 e. The third-order valence-electron chi connectivity index (χ3n) is 3.26. The Bertz CT molecular complexity index is 616. The molecule has 5 heteroatoms. The second kappa shape index (κ2) is 5.75. The molecule has 0 aliphatic carbocycles. The van der Waals surface area contributed by atoms with Gasteiger partial charge in [0.25, 0.3) is 0 Å². The minimum atomic E-state index is 0.155. The first kappa shape index (κ1) is 13.3. The summed E-state index contributed by atoms with van der Waals surface area (Å²) in [4.78, 5) is 4.40. The van der Waals surface area contributed by atoms with E-state index in [1.54, 1.807) is 6.20 Å². The van der Waals surface area contributed by atoms with E-state index in [1.165, 1.54) is 0 Å². The Hall–Kier alpha value is -1.68.